The molecule has 1 aromatic heterocycles. The van der Waals surface area contributed by atoms with Crippen LogP contribution in [0.2, 0.25) is 0 Å². The Morgan fingerprint density at radius 2 is 2.05 bits per heavy atom. The number of benzene rings is 1. The van der Waals surface area contributed by atoms with Crippen molar-refractivity contribution in [3.05, 3.63) is 36.0 Å². The quantitative estimate of drug-likeness (QED) is 0.883. The van der Waals surface area contributed by atoms with Crippen LogP contribution in [0.15, 0.2) is 30.5 Å². The first kappa shape index (κ1) is 14.6. The molecule has 1 heterocycles. The number of fused-ring (bicyclic) bond motifs is 1. The van der Waals surface area contributed by atoms with Gasteiger partial charge in [-0.2, -0.15) is 0 Å². The molecule has 0 unspecified atom stereocenters. The Morgan fingerprint density at radius 1 is 1.27 bits per heavy atom. The lowest BCUT2D eigenvalue weighted by Crippen LogP contribution is -2.42. The van der Waals surface area contributed by atoms with E-state index in [4.69, 9.17) is 4.74 Å². The second-order valence-corrected chi connectivity index (χ2v) is 5.69. The van der Waals surface area contributed by atoms with E-state index in [9.17, 15) is 9.59 Å². The van der Waals surface area contributed by atoms with Crippen LogP contribution in [0.4, 0.5) is 0 Å². The van der Waals surface area contributed by atoms with E-state index in [0.717, 1.165) is 36.6 Å². The van der Waals surface area contributed by atoms with Gasteiger partial charge in [0.05, 0.1) is 18.2 Å². The first-order valence-corrected chi connectivity index (χ1v) is 7.64. The smallest absolute Gasteiger partial charge is 0.325 e. The molecular weight excluding hydrogens is 280 g/mol. The molecule has 0 saturated heterocycles. The summed E-state index contributed by atoms with van der Waals surface area (Å²) in [4.78, 5) is 29.5. The van der Waals surface area contributed by atoms with Crippen molar-refractivity contribution in [2.45, 2.75) is 31.7 Å². The summed E-state index contributed by atoms with van der Waals surface area (Å²) >= 11 is 0. The molecule has 0 radical (unpaired) electrons. The van der Waals surface area contributed by atoms with Crippen molar-refractivity contribution in [1.29, 1.82) is 0 Å². The van der Waals surface area contributed by atoms with Gasteiger partial charge in [-0.1, -0.05) is 25.0 Å². The minimum absolute atomic E-state index is 0.0110. The molecule has 0 atom stereocenters. The third kappa shape index (κ3) is 2.71. The van der Waals surface area contributed by atoms with E-state index in [-0.39, 0.29) is 24.5 Å². The standard InChI is InChI=1S/C17H20N2O3/c1-22-15(20)11-19(13-6-2-3-7-13)17(21)14-8-4-5-12-9-10-18-16(12)14/h4-5,8-10,13,18H,2-3,6-7,11H2,1H3. The van der Waals surface area contributed by atoms with Crippen LogP contribution in [0.1, 0.15) is 36.0 Å². The number of para-hydroxylation sites is 1. The first-order chi connectivity index (χ1) is 10.7. The second kappa shape index (κ2) is 6.22. The Balaban J connectivity index is 1.94. The minimum Gasteiger partial charge on any atom is -0.468 e. The zero-order valence-corrected chi connectivity index (χ0v) is 12.7. The largest absolute Gasteiger partial charge is 0.468 e. The number of ether oxygens (including phenoxy) is 1. The number of rotatable bonds is 4. The summed E-state index contributed by atoms with van der Waals surface area (Å²) < 4.78 is 4.76. The maximum absolute atomic E-state index is 13.0. The molecule has 1 N–H and O–H groups in total. The van der Waals surface area contributed by atoms with Crippen LogP contribution in [-0.2, 0) is 9.53 Å². The highest BCUT2D eigenvalue weighted by Gasteiger charge is 2.30. The van der Waals surface area contributed by atoms with E-state index >= 15 is 0 Å². The van der Waals surface area contributed by atoms with Crippen LogP contribution in [0, 0.1) is 0 Å². The summed E-state index contributed by atoms with van der Waals surface area (Å²) in [5.41, 5.74) is 1.43. The molecular formula is C17H20N2O3. The third-order valence-electron chi connectivity index (χ3n) is 4.37. The molecule has 1 aliphatic carbocycles. The highest BCUT2D eigenvalue weighted by atomic mass is 16.5. The van der Waals surface area contributed by atoms with Gasteiger partial charge in [0.2, 0.25) is 0 Å². The highest BCUT2D eigenvalue weighted by molar-refractivity contribution is 6.06. The van der Waals surface area contributed by atoms with Gasteiger partial charge in [0.15, 0.2) is 0 Å². The summed E-state index contributed by atoms with van der Waals surface area (Å²) in [7, 11) is 1.35. The molecule has 116 valence electrons. The maximum atomic E-state index is 13.0. The van der Waals surface area contributed by atoms with Gasteiger partial charge in [-0.15, -0.1) is 0 Å². The predicted octanol–water partition coefficient (Wildman–Crippen LogP) is 2.73. The van der Waals surface area contributed by atoms with Gasteiger partial charge in [0.1, 0.15) is 6.54 Å². The summed E-state index contributed by atoms with van der Waals surface area (Å²) in [5, 5.41) is 0.996. The molecule has 1 aliphatic rings. The monoisotopic (exact) mass is 300 g/mol. The molecule has 5 heteroatoms. The Labute approximate surface area is 129 Å². The number of H-pyrrole nitrogens is 1. The highest BCUT2D eigenvalue weighted by Crippen LogP contribution is 2.26. The molecule has 1 amide bonds. The fourth-order valence-corrected chi connectivity index (χ4v) is 3.20. The SMILES string of the molecule is COC(=O)CN(C(=O)c1cccc2cc[nH]c12)C1CCCC1. The zero-order valence-electron chi connectivity index (χ0n) is 12.7. The molecule has 0 aliphatic heterocycles. The number of nitrogens with zero attached hydrogens (tertiary/aromatic N) is 1. The van der Waals surface area contributed by atoms with Crippen LogP contribution in [0.5, 0.6) is 0 Å². The number of aromatic amines is 1. The number of esters is 1. The van der Waals surface area contributed by atoms with E-state index in [1.807, 2.05) is 24.4 Å². The maximum Gasteiger partial charge on any atom is 0.325 e. The fourth-order valence-electron chi connectivity index (χ4n) is 3.20. The number of hydrogen-bond acceptors (Lipinski definition) is 3. The van der Waals surface area contributed by atoms with Crippen LogP contribution >= 0.6 is 0 Å². The van der Waals surface area contributed by atoms with Gasteiger partial charge in [-0.05, 0) is 25.0 Å². The van der Waals surface area contributed by atoms with Gasteiger partial charge >= 0.3 is 5.97 Å². The molecule has 2 aromatic rings. The van der Waals surface area contributed by atoms with Crippen molar-refractivity contribution >= 4 is 22.8 Å². The van der Waals surface area contributed by atoms with Crippen LogP contribution in [-0.4, -0.2) is 41.5 Å². The van der Waals surface area contributed by atoms with Gasteiger partial charge < -0.3 is 14.6 Å². The topological polar surface area (TPSA) is 62.4 Å². The van der Waals surface area contributed by atoms with Crippen molar-refractivity contribution in [2.75, 3.05) is 13.7 Å². The lowest BCUT2D eigenvalue weighted by molar-refractivity contribution is -0.141. The van der Waals surface area contributed by atoms with Crippen molar-refractivity contribution in [3.63, 3.8) is 0 Å². The predicted molar refractivity (Wildman–Crippen MR) is 83.6 cm³/mol. The van der Waals surface area contributed by atoms with E-state index in [1.165, 1.54) is 7.11 Å². The molecule has 1 aromatic carbocycles. The first-order valence-electron chi connectivity index (χ1n) is 7.64. The molecule has 0 bridgehead atoms. The van der Waals surface area contributed by atoms with E-state index in [2.05, 4.69) is 4.98 Å². The Hall–Kier alpha value is -2.30. The number of aromatic nitrogens is 1. The van der Waals surface area contributed by atoms with Gasteiger partial charge in [-0.25, -0.2) is 0 Å². The normalized spacial score (nSPS) is 15.1. The number of methoxy groups -OCH3 is 1. The van der Waals surface area contributed by atoms with Crippen molar-refractivity contribution in [2.24, 2.45) is 0 Å². The van der Waals surface area contributed by atoms with E-state index in [1.54, 1.807) is 11.0 Å². The van der Waals surface area contributed by atoms with E-state index in [0.29, 0.717) is 5.56 Å². The van der Waals surface area contributed by atoms with Crippen molar-refractivity contribution in [3.8, 4) is 0 Å². The van der Waals surface area contributed by atoms with Crippen LogP contribution in [0.25, 0.3) is 10.9 Å². The number of hydrogen-bond donors (Lipinski definition) is 1. The number of amides is 1. The number of nitrogens with one attached hydrogen (secondary N) is 1. The average Bonchev–Trinajstić information content (AvgIpc) is 3.21. The number of carbonyl (C=O) groups is 2. The Bertz CT molecular complexity index is 686. The van der Waals surface area contributed by atoms with Gasteiger partial charge in [0, 0.05) is 17.6 Å². The Kier molecular flexibility index (Phi) is 4.13. The van der Waals surface area contributed by atoms with Gasteiger partial charge in [0.25, 0.3) is 5.91 Å². The lowest BCUT2D eigenvalue weighted by Gasteiger charge is -2.28. The van der Waals surface area contributed by atoms with E-state index < -0.39 is 0 Å². The van der Waals surface area contributed by atoms with Crippen LogP contribution in [0.3, 0.4) is 0 Å². The third-order valence-corrected chi connectivity index (χ3v) is 4.37. The summed E-state index contributed by atoms with van der Waals surface area (Å²) in [6.07, 6.45) is 5.92. The van der Waals surface area contributed by atoms with Crippen molar-refractivity contribution in [1.82, 2.24) is 9.88 Å². The molecule has 5 nitrogen and oxygen atoms in total. The Morgan fingerprint density at radius 3 is 2.77 bits per heavy atom. The molecule has 1 fully saturated rings. The lowest BCUT2D eigenvalue weighted by atomic mass is 10.1. The fraction of sp³-hybridized carbons (Fsp3) is 0.412. The molecule has 0 spiro atoms. The summed E-state index contributed by atoms with van der Waals surface area (Å²) in [6, 6.07) is 7.70. The van der Waals surface area contributed by atoms with Gasteiger partial charge in [-0.3, -0.25) is 9.59 Å². The second-order valence-electron chi connectivity index (χ2n) is 5.69. The zero-order chi connectivity index (χ0) is 15.5. The minimum atomic E-state index is -0.376. The molecule has 1 saturated carbocycles. The molecule has 22 heavy (non-hydrogen) atoms. The van der Waals surface area contributed by atoms with Crippen LogP contribution < -0.4 is 0 Å². The van der Waals surface area contributed by atoms with Crippen molar-refractivity contribution < 1.29 is 14.3 Å². The average molecular weight is 300 g/mol. The summed E-state index contributed by atoms with van der Waals surface area (Å²) in [6.45, 7) is 0.0110. The molecule has 3 rings (SSSR count). The summed E-state index contributed by atoms with van der Waals surface area (Å²) in [5.74, 6) is -0.482. The number of carbonyl (C=O) groups excluding carboxylic acids is 2.